The molecule has 1 aliphatic rings. The van der Waals surface area contributed by atoms with Crippen molar-refractivity contribution in [3.05, 3.63) is 93.8 Å². The van der Waals surface area contributed by atoms with Crippen LogP contribution in [-0.2, 0) is 9.59 Å². The zero-order valence-electron chi connectivity index (χ0n) is 17.8. The molecule has 4 rings (SSSR count). The molecule has 0 radical (unpaired) electrons. The van der Waals surface area contributed by atoms with Gasteiger partial charge in [0.1, 0.15) is 17.6 Å². The maximum Gasteiger partial charge on any atom is 0.300 e. The fraction of sp³-hybridized carbons (Fsp3) is 0.160. The number of hydrogen-bond donors (Lipinski definition) is 1. The van der Waals surface area contributed by atoms with E-state index in [2.05, 4.69) is 4.98 Å². The monoisotopic (exact) mass is 448 g/mol. The van der Waals surface area contributed by atoms with Crippen molar-refractivity contribution < 1.29 is 19.4 Å². The first kappa shape index (κ1) is 21.6. The van der Waals surface area contributed by atoms with Crippen molar-refractivity contribution in [1.29, 1.82) is 0 Å². The molecule has 0 saturated carbocycles. The van der Waals surface area contributed by atoms with E-state index < -0.39 is 17.7 Å². The number of halogens is 1. The normalized spacial score (nSPS) is 17.6. The summed E-state index contributed by atoms with van der Waals surface area (Å²) < 4.78 is 5.28. The van der Waals surface area contributed by atoms with E-state index in [0.29, 0.717) is 27.7 Å². The lowest BCUT2D eigenvalue weighted by atomic mass is 9.97. The molecule has 1 amide bonds. The molecular weight excluding hydrogens is 428 g/mol. The average Bonchev–Trinajstić information content (AvgIpc) is 3.06. The quantitative estimate of drug-likeness (QED) is 0.345. The van der Waals surface area contributed by atoms with E-state index in [1.807, 2.05) is 13.8 Å². The minimum atomic E-state index is -0.905. The lowest BCUT2D eigenvalue weighted by Crippen LogP contribution is -2.29. The first-order chi connectivity index (χ1) is 15.3. The van der Waals surface area contributed by atoms with Gasteiger partial charge in [-0.3, -0.25) is 19.5 Å². The number of ether oxygens (including phenoxy) is 1. The van der Waals surface area contributed by atoms with Gasteiger partial charge in [0.15, 0.2) is 0 Å². The van der Waals surface area contributed by atoms with E-state index >= 15 is 0 Å². The first-order valence-corrected chi connectivity index (χ1v) is 10.3. The van der Waals surface area contributed by atoms with E-state index in [0.717, 1.165) is 11.1 Å². The predicted molar refractivity (Wildman–Crippen MR) is 123 cm³/mol. The summed E-state index contributed by atoms with van der Waals surface area (Å²) in [6.45, 7) is 3.68. The summed E-state index contributed by atoms with van der Waals surface area (Å²) in [6.07, 6.45) is 1.58. The Hall–Kier alpha value is -3.64. The lowest BCUT2D eigenvalue weighted by Gasteiger charge is -2.25. The number of aromatic nitrogens is 1. The topological polar surface area (TPSA) is 79.7 Å². The second kappa shape index (κ2) is 8.48. The SMILES string of the molecule is COc1ccc(/C(O)=C2\C(=O)C(=O)N(c3ccc(C)c(Cl)c3)C2c2ccccn2)cc1C. The lowest BCUT2D eigenvalue weighted by molar-refractivity contribution is -0.132. The third kappa shape index (κ3) is 3.63. The first-order valence-electron chi connectivity index (χ1n) is 9.96. The highest BCUT2D eigenvalue weighted by Gasteiger charge is 2.47. The van der Waals surface area contributed by atoms with Crippen LogP contribution in [0.25, 0.3) is 5.76 Å². The Morgan fingerprint density at radius 3 is 2.47 bits per heavy atom. The minimum absolute atomic E-state index is 0.0324. The van der Waals surface area contributed by atoms with Gasteiger partial charge in [0, 0.05) is 22.5 Å². The number of amides is 1. The highest BCUT2D eigenvalue weighted by Crippen LogP contribution is 2.42. The van der Waals surface area contributed by atoms with Crippen LogP contribution >= 0.6 is 11.6 Å². The summed E-state index contributed by atoms with van der Waals surface area (Å²) in [7, 11) is 1.56. The number of hydrogen-bond acceptors (Lipinski definition) is 5. The minimum Gasteiger partial charge on any atom is -0.507 e. The molecule has 3 aromatic rings. The van der Waals surface area contributed by atoms with Crippen molar-refractivity contribution in [2.45, 2.75) is 19.9 Å². The maximum atomic E-state index is 13.2. The third-order valence-corrected chi connectivity index (χ3v) is 5.92. The average molecular weight is 449 g/mol. The highest BCUT2D eigenvalue weighted by molar-refractivity contribution is 6.51. The number of carbonyl (C=O) groups excluding carboxylic acids is 2. The van der Waals surface area contributed by atoms with Gasteiger partial charge in [-0.1, -0.05) is 23.7 Å². The van der Waals surface area contributed by atoms with Crippen LogP contribution < -0.4 is 9.64 Å². The molecule has 2 aromatic carbocycles. The van der Waals surface area contributed by atoms with Crippen LogP contribution in [0.3, 0.4) is 0 Å². The Balaban J connectivity index is 1.94. The number of anilines is 1. The van der Waals surface area contributed by atoms with Crippen molar-refractivity contribution in [3.63, 3.8) is 0 Å². The van der Waals surface area contributed by atoms with Gasteiger partial charge in [0.05, 0.1) is 18.4 Å². The Bertz CT molecular complexity index is 1250. The summed E-state index contributed by atoms with van der Waals surface area (Å²) in [5, 5.41) is 11.6. The van der Waals surface area contributed by atoms with Gasteiger partial charge in [-0.15, -0.1) is 0 Å². The molecule has 1 N–H and O–H groups in total. The number of aliphatic hydroxyl groups is 1. The number of aryl methyl sites for hydroxylation is 2. The number of Topliss-reactive ketones (excluding diaryl/α,β-unsaturated/α-hetero) is 1. The highest BCUT2D eigenvalue weighted by atomic mass is 35.5. The fourth-order valence-electron chi connectivity index (χ4n) is 3.83. The van der Waals surface area contributed by atoms with Crippen LogP contribution in [0.4, 0.5) is 5.69 Å². The van der Waals surface area contributed by atoms with Gasteiger partial charge >= 0.3 is 0 Å². The Morgan fingerprint density at radius 2 is 1.84 bits per heavy atom. The Labute approximate surface area is 190 Å². The van der Waals surface area contributed by atoms with Crippen molar-refractivity contribution >= 4 is 34.7 Å². The summed E-state index contributed by atoms with van der Waals surface area (Å²) >= 11 is 6.30. The molecule has 1 aromatic heterocycles. The molecule has 1 saturated heterocycles. The predicted octanol–water partition coefficient (Wildman–Crippen LogP) is 4.99. The molecule has 7 heteroatoms. The largest absolute Gasteiger partial charge is 0.507 e. The van der Waals surface area contributed by atoms with Gasteiger partial charge < -0.3 is 9.84 Å². The summed E-state index contributed by atoms with van der Waals surface area (Å²) in [6, 6.07) is 14.5. The molecule has 0 bridgehead atoms. The Kier molecular flexibility index (Phi) is 5.72. The van der Waals surface area contributed by atoms with Crippen molar-refractivity contribution in [1.82, 2.24) is 4.98 Å². The molecule has 1 aliphatic heterocycles. The van der Waals surface area contributed by atoms with Crippen LogP contribution in [0.5, 0.6) is 5.75 Å². The van der Waals surface area contributed by atoms with Crippen LogP contribution in [0.1, 0.15) is 28.4 Å². The molecule has 1 atom stereocenters. The number of pyridine rings is 1. The van der Waals surface area contributed by atoms with Gasteiger partial charge in [-0.2, -0.15) is 0 Å². The van der Waals surface area contributed by atoms with E-state index in [1.165, 1.54) is 4.90 Å². The fourth-order valence-corrected chi connectivity index (χ4v) is 4.00. The summed E-state index contributed by atoms with van der Waals surface area (Å²) in [5.41, 5.74) is 2.90. The zero-order chi connectivity index (χ0) is 23.0. The second-order valence-electron chi connectivity index (χ2n) is 7.54. The number of methoxy groups -OCH3 is 1. The number of rotatable bonds is 4. The third-order valence-electron chi connectivity index (χ3n) is 5.51. The molecule has 0 aliphatic carbocycles. The molecular formula is C25H21ClN2O4. The number of carbonyl (C=O) groups is 2. The molecule has 32 heavy (non-hydrogen) atoms. The summed E-state index contributed by atoms with van der Waals surface area (Å²) in [5.74, 6) is -1.17. The molecule has 1 fully saturated rings. The number of benzene rings is 2. The number of aliphatic hydroxyl groups excluding tert-OH is 1. The van der Waals surface area contributed by atoms with Gasteiger partial charge in [-0.25, -0.2) is 0 Å². The van der Waals surface area contributed by atoms with E-state index in [-0.39, 0.29) is 11.3 Å². The van der Waals surface area contributed by atoms with Crippen LogP contribution in [0.15, 0.2) is 66.4 Å². The molecule has 6 nitrogen and oxygen atoms in total. The molecule has 1 unspecified atom stereocenters. The van der Waals surface area contributed by atoms with Crippen molar-refractivity contribution in [3.8, 4) is 5.75 Å². The number of nitrogens with zero attached hydrogens (tertiary/aromatic N) is 2. The molecule has 2 heterocycles. The van der Waals surface area contributed by atoms with E-state index in [4.69, 9.17) is 16.3 Å². The van der Waals surface area contributed by atoms with Gasteiger partial charge in [0.2, 0.25) is 0 Å². The molecule has 0 spiro atoms. The van der Waals surface area contributed by atoms with E-state index in [1.54, 1.807) is 67.9 Å². The Morgan fingerprint density at radius 1 is 1.06 bits per heavy atom. The molecule has 162 valence electrons. The van der Waals surface area contributed by atoms with Crippen LogP contribution in [0.2, 0.25) is 5.02 Å². The second-order valence-corrected chi connectivity index (χ2v) is 7.95. The summed E-state index contributed by atoms with van der Waals surface area (Å²) in [4.78, 5) is 32.0. The smallest absolute Gasteiger partial charge is 0.300 e. The van der Waals surface area contributed by atoms with Crippen LogP contribution in [-0.4, -0.2) is 28.9 Å². The maximum absolute atomic E-state index is 13.2. The zero-order valence-corrected chi connectivity index (χ0v) is 18.6. The van der Waals surface area contributed by atoms with Gasteiger partial charge in [-0.05, 0) is 67.4 Å². The van der Waals surface area contributed by atoms with Crippen molar-refractivity contribution in [2.24, 2.45) is 0 Å². The van der Waals surface area contributed by atoms with Crippen LogP contribution in [0, 0.1) is 13.8 Å². The van der Waals surface area contributed by atoms with Crippen molar-refractivity contribution in [2.75, 3.05) is 12.0 Å². The van der Waals surface area contributed by atoms with Gasteiger partial charge in [0.25, 0.3) is 11.7 Å². The standard InChI is InChI=1S/C25H21ClN2O4/c1-14-7-9-17(13-18(14)26)28-22(19-6-4-5-11-27-19)21(24(30)25(28)31)23(29)16-8-10-20(32-3)15(2)12-16/h4-13,22,29H,1-3H3/b23-21+. The number of ketones is 1. The van der Waals surface area contributed by atoms with E-state index in [9.17, 15) is 14.7 Å².